The number of hydrogen-bond acceptors (Lipinski definition) is 1. The molecule has 0 unspecified atom stereocenters. The zero-order valence-corrected chi connectivity index (χ0v) is 8.94. The molecule has 0 spiro atoms. The van der Waals surface area contributed by atoms with Gasteiger partial charge in [-0.1, -0.05) is 33.6 Å². The van der Waals surface area contributed by atoms with Gasteiger partial charge in [-0.3, -0.25) is 0 Å². The Kier molecular flexibility index (Phi) is 5.19. The molecule has 0 bridgehead atoms. The number of unbranched alkanes of at least 4 members (excludes halogenated alkanes) is 2. The first-order chi connectivity index (χ1) is 5.42. The molecule has 0 aliphatic rings. The summed E-state index contributed by atoms with van der Waals surface area (Å²) in [6.45, 7) is 8.46. The van der Waals surface area contributed by atoms with Crippen LogP contribution in [0.1, 0.15) is 59.8 Å². The molecule has 0 atom stereocenters. The molecule has 0 aliphatic carbocycles. The number of rotatable bonds is 5. The molecule has 0 rings (SSSR count). The van der Waals surface area contributed by atoms with Gasteiger partial charge >= 0.3 is 0 Å². The molecule has 12 heavy (non-hydrogen) atoms. The quantitative estimate of drug-likeness (QED) is 0.576. The van der Waals surface area contributed by atoms with E-state index in [2.05, 4.69) is 20.8 Å². The van der Waals surface area contributed by atoms with Crippen LogP contribution >= 0.6 is 0 Å². The molecule has 0 aromatic carbocycles. The van der Waals surface area contributed by atoms with Crippen molar-refractivity contribution in [2.75, 3.05) is 0 Å². The second kappa shape index (κ2) is 5.34. The maximum atomic E-state index is 10.6. The van der Waals surface area contributed by atoms with Crippen LogP contribution in [0.15, 0.2) is 0 Å². The molecule has 0 heterocycles. The Morgan fingerprint density at radius 1 is 1.08 bits per heavy atom. The number of ketones is 1. The van der Waals surface area contributed by atoms with Crippen LogP contribution in [0.2, 0.25) is 0 Å². The molecule has 1 heteroatoms. The Hall–Kier alpha value is -0.330. The summed E-state index contributed by atoms with van der Waals surface area (Å²) in [6, 6.07) is 0. The topological polar surface area (TPSA) is 17.1 Å². The minimum atomic E-state index is 0.325. The van der Waals surface area contributed by atoms with E-state index in [1.165, 1.54) is 19.3 Å². The normalized spacial score (nSPS) is 11.7. The standard InChI is InChI=1S/C11H22O/c1-10(12)8-6-5-7-9-11(2,3)4/h5-9H2,1-4H3. The lowest BCUT2D eigenvalue weighted by molar-refractivity contribution is -0.117. The van der Waals surface area contributed by atoms with Crippen LogP contribution in [0.5, 0.6) is 0 Å². The van der Waals surface area contributed by atoms with Crippen molar-refractivity contribution in [1.82, 2.24) is 0 Å². The Morgan fingerprint density at radius 3 is 2.08 bits per heavy atom. The van der Waals surface area contributed by atoms with Crippen LogP contribution in [0.25, 0.3) is 0 Å². The molecule has 0 aliphatic heterocycles. The van der Waals surface area contributed by atoms with Gasteiger partial charge in [-0.15, -0.1) is 0 Å². The van der Waals surface area contributed by atoms with Gasteiger partial charge in [-0.05, 0) is 25.2 Å². The third-order valence-corrected chi connectivity index (χ3v) is 1.96. The molecular formula is C11H22O. The van der Waals surface area contributed by atoms with Gasteiger partial charge in [0, 0.05) is 6.42 Å². The number of carbonyl (C=O) groups is 1. The zero-order valence-electron chi connectivity index (χ0n) is 8.94. The second-order valence-corrected chi connectivity index (χ2v) is 4.82. The van der Waals surface area contributed by atoms with Crippen LogP contribution < -0.4 is 0 Å². The van der Waals surface area contributed by atoms with Gasteiger partial charge in [0.05, 0.1) is 0 Å². The summed E-state index contributed by atoms with van der Waals surface area (Å²) in [4.78, 5) is 10.6. The summed E-state index contributed by atoms with van der Waals surface area (Å²) in [5.74, 6) is 0.325. The minimum Gasteiger partial charge on any atom is -0.300 e. The maximum absolute atomic E-state index is 10.6. The van der Waals surface area contributed by atoms with Crippen molar-refractivity contribution in [3.8, 4) is 0 Å². The van der Waals surface area contributed by atoms with Gasteiger partial charge in [-0.2, -0.15) is 0 Å². The van der Waals surface area contributed by atoms with Crippen molar-refractivity contribution in [1.29, 1.82) is 0 Å². The summed E-state index contributed by atoms with van der Waals surface area (Å²) in [7, 11) is 0. The summed E-state index contributed by atoms with van der Waals surface area (Å²) < 4.78 is 0. The molecule has 0 aromatic rings. The fraction of sp³-hybridized carbons (Fsp3) is 0.909. The largest absolute Gasteiger partial charge is 0.300 e. The average Bonchev–Trinajstić information content (AvgIpc) is 1.83. The Morgan fingerprint density at radius 2 is 1.67 bits per heavy atom. The maximum Gasteiger partial charge on any atom is 0.129 e. The Labute approximate surface area is 76.6 Å². The van der Waals surface area contributed by atoms with E-state index in [0.29, 0.717) is 11.2 Å². The molecule has 0 radical (unpaired) electrons. The van der Waals surface area contributed by atoms with Crippen LogP contribution in [0.4, 0.5) is 0 Å². The van der Waals surface area contributed by atoms with E-state index in [1.807, 2.05) is 0 Å². The van der Waals surface area contributed by atoms with Crippen LogP contribution in [-0.4, -0.2) is 5.78 Å². The van der Waals surface area contributed by atoms with E-state index >= 15 is 0 Å². The second-order valence-electron chi connectivity index (χ2n) is 4.82. The lowest BCUT2D eigenvalue weighted by Gasteiger charge is -2.17. The van der Waals surface area contributed by atoms with Gasteiger partial charge in [0.2, 0.25) is 0 Å². The fourth-order valence-corrected chi connectivity index (χ4v) is 1.21. The predicted octanol–water partition coefficient (Wildman–Crippen LogP) is 3.57. The van der Waals surface area contributed by atoms with Crippen molar-refractivity contribution in [2.24, 2.45) is 5.41 Å². The third kappa shape index (κ3) is 9.67. The van der Waals surface area contributed by atoms with Crippen LogP contribution in [0.3, 0.4) is 0 Å². The van der Waals surface area contributed by atoms with Crippen LogP contribution in [-0.2, 0) is 4.79 Å². The molecule has 0 fully saturated rings. The minimum absolute atomic E-state index is 0.325. The Balaban J connectivity index is 3.17. The SMILES string of the molecule is CC(=O)CCCCCC(C)(C)C. The van der Waals surface area contributed by atoms with E-state index in [0.717, 1.165) is 12.8 Å². The molecule has 72 valence electrons. The molecule has 0 saturated carbocycles. The molecule has 0 saturated heterocycles. The van der Waals surface area contributed by atoms with Gasteiger partial charge < -0.3 is 4.79 Å². The van der Waals surface area contributed by atoms with E-state index in [9.17, 15) is 4.79 Å². The zero-order chi connectivity index (χ0) is 9.61. The van der Waals surface area contributed by atoms with E-state index in [-0.39, 0.29) is 0 Å². The molecule has 0 amide bonds. The average molecular weight is 170 g/mol. The first kappa shape index (κ1) is 11.7. The predicted molar refractivity (Wildman–Crippen MR) is 53.2 cm³/mol. The van der Waals surface area contributed by atoms with Gasteiger partial charge in [0.25, 0.3) is 0 Å². The number of hydrogen-bond donors (Lipinski definition) is 0. The van der Waals surface area contributed by atoms with Crippen LogP contribution in [0, 0.1) is 5.41 Å². The van der Waals surface area contributed by atoms with E-state index in [4.69, 9.17) is 0 Å². The summed E-state index contributed by atoms with van der Waals surface area (Å²) in [6.07, 6.45) is 5.58. The lowest BCUT2D eigenvalue weighted by atomic mass is 9.89. The highest BCUT2D eigenvalue weighted by molar-refractivity contribution is 5.75. The lowest BCUT2D eigenvalue weighted by Crippen LogP contribution is -2.04. The monoisotopic (exact) mass is 170 g/mol. The highest BCUT2D eigenvalue weighted by atomic mass is 16.1. The van der Waals surface area contributed by atoms with Crippen molar-refractivity contribution >= 4 is 5.78 Å². The highest BCUT2D eigenvalue weighted by Gasteiger charge is 2.08. The molecular weight excluding hydrogens is 148 g/mol. The third-order valence-electron chi connectivity index (χ3n) is 1.96. The molecule has 1 nitrogen and oxygen atoms in total. The molecule has 0 N–H and O–H groups in total. The molecule has 0 aromatic heterocycles. The van der Waals surface area contributed by atoms with Crippen molar-refractivity contribution in [3.63, 3.8) is 0 Å². The first-order valence-electron chi connectivity index (χ1n) is 4.91. The van der Waals surface area contributed by atoms with Gasteiger partial charge in [-0.25, -0.2) is 0 Å². The van der Waals surface area contributed by atoms with E-state index < -0.39 is 0 Å². The van der Waals surface area contributed by atoms with Crippen molar-refractivity contribution in [3.05, 3.63) is 0 Å². The highest BCUT2D eigenvalue weighted by Crippen LogP contribution is 2.22. The van der Waals surface area contributed by atoms with Gasteiger partial charge in [0.15, 0.2) is 0 Å². The summed E-state index contributed by atoms with van der Waals surface area (Å²) in [5.41, 5.74) is 0.455. The van der Waals surface area contributed by atoms with Gasteiger partial charge in [0.1, 0.15) is 5.78 Å². The fourth-order valence-electron chi connectivity index (χ4n) is 1.21. The van der Waals surface area contributed by atoms with Crippen molar-refractivity contribution in [2.45, 2.75) is 59.8 Å². The summed E-state index contributed by atoms with van der Waals surface area (Å²) >= 11 is 0. The van der Waals surface area contributed by atoms with E-state index in [1.54, 1.807) is 6.92 Å². The number of carbonyl (C=O) groups excluding carboxylic acids is 1. The summed E-state index contributed by atoms with van der Waals surface area (Å²) in [5, 5.41) is 0. The van der Waals surface area contributed by atoms with Crippen molar-refractivity contribution < 1.29 is 4.79 Å². The smallest absolute Gasteiger partial charge is 0.129 e. The Bertz CT molecular complexity index is 130. The first-order valence-corrected chi connectivity index (χ1v) is 4.91. The number of Topliss-reactive ketones (excluding diaryl/α,β-unsaturated/α-hetero) is 1.